The van der Waals surface area contributed by atoms with Crippen molar-refractivity contribution in [2.45, 2.75) is 72.6 Å². The SMILES string of the molecule is CCC(C)CN1CCC2(CC1)CC(CCC(C)C)C2. The molecule has 2 rings (SSSR count). The summed E-state index contributed by atoms with van der Waals surface area (Å²) >= 11 is 0. The van der Waals surface area contributed by atoms with Gasteiger partial charge in [0.05, 0.1) is 0 Å². The van der Waals surface area contributed by atoms with Gasteiger partial charge in [0.25, 0.3) is 0 Å². The maximum atomic E-state index is 2.72. The Morgan fingerprint density at radius 1 is 1.11 bits per heavy atom. The van der Waals surface area contributed by atoms with Crippen molar-refractivity contribution in [3.63, 3.8) is 0 Å². The minimum absolute atomic E-state index is 0.785. The van der Waals surface area contributed by atoms with Crippen molar-refractivity contribution in [1.82, 2.24) is 4.90 Å². The first-order valence-electron chi connectivity index (χ1n) is 8.75. The predicted octanol–water partition coefficient (Wildman–Crippen LogP) is 4.96. The van der Waals surface area contributed by atoms with Crippen molar-refractivity contribution >= 4 is 0 Å². The number of hydrogen-bond donors (Lipinski definition) is 0. The molecule has 2 fully saturated rings. The summed E-state index contributed by atoms with van der Waals surface area (Å²) < 4.78 is 0. The van der Waals surface area contributed by atoms with Crippen LogP contribution in [-0.2, 0) is 0 Å². The Labute approximate surface area is 121 Å². The second-order valence-corrected chi connectivity index (χ2v) is 8.06. The minimum atomic E-state index is 0.785. The van der Waals surface area contributed by atoms with Crippen LogP contribution < -0.4 is 0 Å². The summed E-state index contributed by atoms with van der Waals surface area (Å²) in [5, 5.41) is 0. The molecule has 1 saturated carbocycles. The first-order valence-corrected chi connectivity index (χ1v) is 8.75. The highest BCUT2D eigenvalue weighted by Crippen LogP contribution is 2.54. The van der Waals surface area contributed by atoms with Gasteiger partial charge in [0.2, 0.25) is 0 Å². The maximum Gasteiger partial charge on any atom is 0.000692 e. The molecule has 0 aromatic rings. The third-order valence-electron chi connectivity index (χ3n) is 5.78. The Morgan fingerprint density at radius 3 is 2.26 bits per heavy atom. The van der Waals surface area contributed by atoms with E-state index in [0.717, 1.165) is 23.2 Å². The molecule has 1 atom stereocenters. The molecule has 0 amide bonds. The molecule has 112 valence electrons. The molecule has 0 N–H and O–H groups in total. The lowest BCUT2D eigenvalue weighted by Gasteiger charge is -2.53. The number of hydrogen-bond acceptors (Lipinski definition) is 1. The standard InChI is InChI=1S/C18H35N/c1-5-16(4)14-19-10-8-18(9-11-19)12-17(13-18)7-6-15(2)3/h15-17H,5-14H2,1-4H3. The first-order chi connectivity index (χ1) is 9.03. The molecular formula is C18H35N. The Morgan fingerprint density at radius 2 is 1.74 bits per heavy atom. The molecule has 1 nitrogen and oxygen atoms in total. The predicted molar refractivity (Wildman–Crippen MR) is 84.4 cm³/mol. The van der Waals surface area contributed by atoms with Crippen LogP contribution in [0, 0.1) is 23.2 Å². The van der Waals surface area contributed by atoms with Gasteiger partial charge in [-0.2, -0.15) is 0 Å². The largest absolute Gasteiger partial charge is 0.303 e. The van der Waals surface area contributed by atoms with Gasteiger partial charge in [0, 0.05) is 6.54 Å². The smallest absolute Gasteiger partial charge is 0.000692 e. The van der Waals surface area contributed by atoms with E-state index in [-0.39, 0.29) is 0 Å². The third kappa shape index (κ3) is 4.21. The maximum absolute atomic E-state index is 2.72. The molecule has 0 aromatic carbocycles. The molecule has 1 aliphatic heterocycles. The second-order valence-electron chi connectivity index (χ2n) is 8.06. The van der Waals surface area contributed by atoms with E-state index in [9.17, 15) is 0 Å². The quantitative estimate of drug-likeness (QED) is 0.656. The van der Waals surface area contributed by atoms with Crippen LogP contribution in [-0.4, -0.2) is 24.5 Å². The zero-order chi connectivity index (χ0) is 13.9. The summed E-state index contributed by atoms with van der Waals surface area (Å²) in [4.78, 5) is 2.72. The number of piperidine rings is 1. The van der Waals surface area contributed by atoms with Gasteiger partial charge in [-0.3, -0.25) is 0 Å². The van der Waals surface area contributed by atoms with E-state index in [4.69, 9.17) is 0 Å². The molecule has 1 unspecified atom stereocenters. The molecule has 0 radical (unpaired) electrons. The highest BCUT2D eigenvalue weighted by atomic mass is 15.1. The van der Waals surface area contributed by atoms with Crippen LogP contribution >= 0.6 is 0 Å². The molecule has 1 aliphatic carbocycles. The van der Waals surface area contributed by atoms with Crippen LogP contribution in [0.5, 0.6) is 0 Å². The molecule has 1 saturated heterocycles. The summed E-state index contributed by atoms with van der Waals surface area (Å²) in [5.41, 5.74) is 0.785. The van der Waals surface area contributed by atoms with E-state index < -0.39 is 0 Å². The van der Waals surface area contributed by atoms with Crippen molar-refractivity contribution in [3.05, 3.63) is 0 Å². The molecule has 0 bridgehead atoms. The van der Waals surface area contributed by atoms with Crippen LogP contribution in [0.4, 0.5) is 0 Å². The summed E-state index contributed by atoms with van der Waals surface area (Å²) in [6.45, 7) is 13.5. The monoisotopic (exact) mass is 265 g/mol. The van der Waals surface area contributed by atoms with Crippen LogP contribution in [0.15, 0.2) is 0 Å². The van der Waals surface area contributed by atoms with Gasteiger partial charge in [0.15, 0.2) is 0 Å². The van der Waals surface area contributed by atoms with Crippen LogP contribution in [0.1, 0.15) is 72.6 Å². The molecule has 1 spiro atoms. The highest BCUT2D eigenvalue weighted by Gasteiger charge is 2.45. The first kappa shape index (κ1) is 15.4. The van der Waals surface area contributed by atoms with Crippen molar-refractivity contribution in [1.29, 1.82) is 0 Å². The number of likely N-dealkylation sites (tertiary alicyclic amines) is 1. The van der Waals surface area contributed by atoms with Crippen LogP contribution in [0.25, 0.3) is 0 Å². The van der Waals surface area contributed by atoms with Crippen molar-refractivity contribution in [2.75, 3.05) is 19.6 Å². The molecule has 0 aromatic heterocycles. The fourth-order valence-electron chi connectivity index (χ4n) is 4.13. The van der Waals surface area contributed by atoms with Crippen LogP contribution in [0.3, 0.4) is 0 Å². The average Bonchev–Trinajstić information content (AvgIpc) is 2.35. The average molecular weight is 265 g/mol. The summed E-state index contributed by atoms with van der Waals surface area (Å²) in [6, 6.07) is 0. The van der Waals surface area contributed by atoms with Gasteiger partial charge in [0.1, 0.15) is 0 Å². The van der Waals surface area contributed by atoms with Gasteiger partial charge in [-0.1, -0.05) is 47.0 Å². The van der Waals surface area contributed by atoms with E-state index in [0.29, 0.717) is 0 Å². The van der Waals surface area contributed by atoms with E-state index in [1.165, 1.54) is 51.7 Å². The molecule has 1 heteroatoms. The molecule has 1 heterocycles. The highest BCUT2D eigenvalue weighted by molar-refractivity contribution is 4.97. The van der Waals surface area contributed by atoms with Crippen molar-refractivity contribution in [3.8, 4) is 0 Å². The lowest BCUT2D eigenvalue weighted by molar-refractivity contribution is -0.0205. The summed E-state index contributed by atoms with van der Waals surface area (Å²) in [6.07, 6.45) is 10.4. The van der Waals surface area contributed by atoms with Gasteiger partial charge in [-0.25, -0.2) is 0 Å². The van der Waals surface area contributed by atoms with E-state index in [2.05, 4.69) is 32.6 Å². The van der Waals surface area contributed by atoms with Crippen LogP contribution in [0.2, 0.25) is 0 Å². The third-order valence-corrected chi connectivity index (χ3v) is 5.78. The van der Waals surface area contributed by atoms with Crippen molar-refractivity contribution in [2.24, 2.45) is 23.2 Å². The lowest BCUT2D eigenvalue weighted by atomic mass is 9.56. The van der Waals surface area contributed by atoms with E-state index in [1.807, 2.05) is 0 Å². The molecular weight excluding hydrogens is 230 g/mol. The Hall–Kier alpha value is -0.0400. The molecule has 19 heavy (non-hydrogen) atoms. The topological polar surface area (TPSA) is 3.24 Å². The van der Waals surface area contributed by atoms with Gasteiger partial charge in [-0.05, 0) is 61.9 Å². The van der Waals surface area contributed by atoms with E-state index >= 15 is 0 Å². The zero-order valence-electron chi connectivity index (χ0n) is 13.8. The second kappa shape index (κ2) is 6.61. The minimum Gasteiger partial charge on any atom is -0.303 e. The number of nitrogens with zero attached hydrogens (tertiary/aromatic N) is 1. The Kier molecular flexibility index (Phi) is 5.34. The molecule has 2 aliphatic rings. The Bertz CT molecular complexity index is 255. The fourth-order valence-corrected chi connectivity index (χ4v) is 4.13. The van der Waals surface area contributed by atoms with E-state index in [1.54, 1.807) is 12.8 Å². The lowest BCUT2D eigenvalue weighted by Crippen LogP contribution is -2.47. The summed E-state index contributed by atoms with van der Waals surface area (Å²) in [5.74, 6) is 2.85. The number of rotatable bonds is 6. The fraction of sp³-hybridized carbons (Fsp3) is 1.00. The van der Waals surface area contributed by atoms with Crippen molar-refractivity contribution < 1.29 is 0 Å². The van der Waals surface area contributed by atoms with Gasteiger partial charge < -0.3 is 4.90 Å². The normalized spacial score (nSPS) is 25.7. The van der Waals surface area contributed by atoms with Gasteiger partial charge in [-0.15, -0.1) is 0 Å². The zero-order valence-corrected chi connectivity index (χ0v) is 13.8. The Balaban J connectivity index is 1.65. The summed E-state index contributed by atoms with van der Waals surface area (Å²) in [7, 11) is 0. The van der Waals surface area contributed by atoms with Gasteiger partial charge >= 0.3 is 0 Å².